The smallest absolute Gasteiger partial charge is 0.408 e. The van der Waals surface area contributed by atoms with Gasteiger partial charge in [0, 0.05) is 12.4 Å². The minimum atomic E-state index is -0.490. The van der Waals surface area contributed by atoms with E-state index in [9.17, 15) is 9.18 Å². The Morgan fingerprint density at radius 1 is 1.43 bits per heavy atom. The number of hydrogen-bond acceptors (Lipinski definition) is 3. The van der Waals surface area contributed by atoms with Gasteiger partial charge >= 0.3 is 6.09 Å². The summed E-state index contributed by atoms with van der Waals surface area (Å²) in [5.41, 5.74) is 2.68. The molecule has 1 aliphatic heterocycles. The van der Waals surface area contributed by atoms with E-state index in [0.717, 1.165) is 16.7 Å². The van der Waals surface area contributed by atoms with Crippen molar-refractivity contribution in [1.82, 2.24) is 10.3 Å². The molecule has 0 saturated carbocycles. The van der Waals surface area contributed by atoms with Gasteiger partial charge in [0.05, 0.1) is 6.04 Å². The van der Waals surface area contributed by atoms with Crippen LogP contribution in [-0.2, 0) is 4.74 Å². The number of hydrogen-bond donors (Lipinski definition) is 1. The molecule has 5 heteroatoms. The molecule has 2 aliphatic rings. The maximum Gasteiger partial charge on any atom is 0.408 e. The fourth-order valence-corrected chi connectivity index (χ4v) is 2.84. The highest BCUT2D eigenvalue weighted by Crippen LogP contribution is 2.36. The normalized spacial score (nSPS) is 28.5. The van der Waals surface area contributed by atoms with Crippen LogP contribution in [0.15, 0.2) is 42.0 Å². The van der Waals surface area contributed by atoms with E-state index in [0.29, 0.717) is 6.42 Å². The van der Waals surface area contributed by atoms with E-state index in [4.69, 9.17) is 4.74 Å². The van der Waals surface area contributed by atoms with Crippen LogP contribution in [0.2, 0.25) is 0 Å². The highest BCUT2D eigenvalue weighted by molar-refractivity contribution is 5.71. The van der Waals surface area contributed by atoms with Gasteiger partial charge in [-0.3, -0.25) is 4.98 Å². The molecule has 1 aromatic rings. The fourth-order valence-electron chi connectivity index (χ4n) is 2.84. The van der Waals surface area contributed by atoms with E-state index >= 15 is 0 Å². The third-order valence-electron chi connectivity index (χ3n) is 3.93. The van der Waals surface area contributed by atoms with Crippen LogP contribution in [0.4, 0.5) is 9.18 Å². The first-order valence-corrected chi connectivity index (χ1v) is 7.00. The lowest BCUT2D eigenvalue weighted by atomic mass is 9.85. The molecule has 1 aromatic heterocycles. The Labute approximate surface area is 122 Å². The van der Waals surface area contributed by atoms with Gasteiger partial charge < -0.3 is 10.1 Å². The number of cyclic esters (lactones) is 1. The van der Waals surface area contributed by atoms with Crippen LogP contribution in [0, 0.1) is 12.8 Å². The number of allylic oxidation sites excluding steroid dienone is 3. The molecule has 0 aromatic carbocycles. The van der Waals surface area contributed by atoms with Crippen molar-refractivity contribution in [1.29, 1.82) is 0 Å². The molecule has 2 heterocycles. The summed E-state index contributed by atoms with van der Waals surface area (Å²) in [4.78, 5) is 15.8. The number of ether oxygens (including phenoxy) is 1. The molecule has 1 aliphatic carbocycles. The van der Waals surface area contributed by atoms with Crippen molar-refractivity contribution in [2.24, 2.45) is 5.92 Å². The summed E-state index contributed by atoms with van der Waals surface area (Å²) in [6.07, 6.45) is 6.15. The summed E-state index contributed by atoms with van der Waals surface area (Å²) in [6.45, 7) is 3.94. The van der Waals surface area contributed by atoms with Crippen LogP contribution in [0.3, 0.4) is 0 Å². The van der Waals surface area contributed by atoms with Gasteiger partial charge in [0.15, 0.2) is 0 Å². The average Bonchev–Trinajstić information content (AvgIpc) is 2.83. The van der Waals surface area contributed by atoms with Crippen LogP contribution in [0.1, 0.15) is 30.5 Å². The number of nitrogens with one attached hydrogen (secondary N) is 1. The van der Waals surface area contributed by atoms with Crippen molar-refractivity contribution in [3.63, 3.8) is 0 Å². The molecule has 110 valence electrons. The number of amides is 1. The van der Waals surface area contributed by atoms with Crippen molar-refractivity contribution in [2.75, 3.05) is 0 Å². The maximum absolute atomic E-state index is 13.6. The standard InChI is InChI=1S/C16H17FN2O2/c1-9-5-11(8-18-7-9)14-15(21-16(20)19-14)13-6-12(17)4-3-10(13)2/h4-8,10,14-15H,3H2,1-2H3,(H,19,20)/t10?,14-,15-/m1/s1. The molecule has 0 spiro atoms. The molecule has 0 radical (unpaired) electrons. The number of aryl methyl sites for hydroxylation is 1. The van der Waals surface area contributed by atoms with Gasteiger partial charge in [0.25, 0.3) is 0 Å². The lowest BCUT2D eigenvalue weighted by molar-refractivity contribution is 0.143. The van der Waals surface area contributed by atoms with Gasteiger partial charge in [-0.2, -0.15) is 0 Å². The van der Waals surface area contributed by atoms with Gasteiger partial charge in [0.1, 0.15) is 11.9 Å². The quantitative estimate of drug-likeness (QED) is 0.908. The monoisotopic (exact) mass is 288 g/mol. The summed E-state index contributed by atoms with van der Waals surface area (Å²) < 4.78 is 18.9. The number of aromatic nitrogens is 1. The predicted molar refractivity (Wildman–Crippen MR) is 76.2 cm³/mol. The van der Waals surface area contributed by atoms with E-state index in [2.05, 4.69) is 10.3 Å². The summed E-state index contributed by atoms with van der Waals surface area (Å²) in [5.74, 6) is -0.130. The summed E-state index contributed by atoms with van der Waals surface area (Å²) in [7, 11) is 0. The molecule has 1 N–H and O–H groups in total. The zero-order valence-corrected chi connectivity index (χ0v) is 12.0. The van der Waals surface area contributed by atoms with Crippen LogP contribution >= 0.6 is 0 Å². The molecule has 1 amide bonds. The Kier molecular flexibility index (Phi) is 3.49. The number of alkyl carbamates (subject to hydrolysis) is 1. The van der Waals surface area contributed by atoms with E-state index in [1.165, 1.54) is 6.08 Å². The zero-order chi connectivity index (χ0) is 15.0. The Balaban J connectivity index is 1.96. The first-order valence-electron chi connectivity index (χ1n) is 7.00. The highest BCUT2D eigenvalue weighted by Gasteiger charge is 2.40. The van der Waals surface area contributed by atoms with Crippen LogP contribution in [0.5, 0.6) is 0 Å². The minimum Gasteiger partial charge on any atom is -0.439 e. The Morgan fingerprint density at radius 3 is 3.00 bits per heavy atom. The lowest BCUT2D eigenvalue weighted by Crippen LogP contribution is -2.27. The maximum atomic E-state index is 13.6. The Hall–Kier alpha value is -2.17. The average molecular weight is 288 g/mol. The van der Waals surface area contributed by atoms with Crippen molar-refractivity contribution >= 4 is 6.09 Å². The molecule has 1 unspecified atom stereocenters. The van der Waals surface area contributed by atoms with Crippen LogP contribution in [-0.4, -0.2) is 17.2 Å². The van der Waals surface area contributed by atoms with Crippen molar-refractivity contribution in [3.05, 3.63) is 53.1 Å². The van der Waals surface area contributed by atoms with E-state index in [1.807, 2.05) is 19.9 Å². The first kappa shape index (κ1) is 13.8. The second-order valence-corrected chi connectivity index (χ2v) is 5.61. The summed E-state index contributed by atoms with van der Waals surface area (Å²) >= 11 is 0. The zero-order valence-electron chi connectivity index (χ0n) is 12.0. The minimum absolute atomic E-state index is 0.141. The van der Waals surface area contributed by atoms with Gasteiger partial charge in [-0.15, -0.1) is 0 Å². The second-order valence-electron chi connectivity index (χ2n) is 5.61. The Bertz CT molecular complexity index is 639. The van der Waals surface area contributed by atoms with Crippen molar-refractivity contribution < 1.29 is 13.9 Å². The topological polar surface area (TPSA) is 51.2 Å². The number of halogens is 1. The van der Waals surface area contributed by atoms with Gasteiger partial charge in [-0.1, -0.05) is 13.0 Å². The molecule has 3 atom stereocenters. The Morgan fingerprint density at radius 2 is 2.24 bits per heavy atom. The predicted octanol–water partition coefficient (Wildman–Crippen LogP) is 3.36. The molecular weight excluding hydrogens is 271 g/mol. The summed E-state index contributed by atoms with van der Waals surface area (Å²) in [6, 6.07) is 1.63. The fraction of sp³-hybridized carbons (Fsp3) is 0.375. The number of rotatable bonds is 2. The summed E-state index contributed by atoms with van der Waals surface area (Å²) in [5, 5.41) is 2.80. The second kappa shape index (κ2) is 5.31. The number of carbonyl (C=O) groups is 1. The van der Waals surface area contributed by atoms with E-state index in [1.54, 1.807) is 18.5 Å². The van der Waals surface area contributed by atoms with Gasteiger partial charge in [-0.25, -0.2) is 9.18 Å². The highest BCUT2D eigenvalue weighted by atomic mass is 19.1. The molecule has 0 bridgehead atoms. The number of pyridine rings is 1. The molecule has 1 saturated heterocycles. The third-order valence-corrected chi connectivity index (χ3v) is 3.93. The third kappa shape index (κ3) is 2.68. The van der Waals surface area contributed by atoms with Crippen molar-refractivity contribution in [2.45, 2.75) is 32.4 Å². The van der Waals surface area contributed by atoms with Crippen molar-refractivity contribution in [3.8, 4) is 0 Å². The van der Waals surface area contributed by atoms with Crippen LogP contribution < -0.4 is 5.32 Å². The first-order chi connectivity index (χ1) is 10.0. The molecule has 1 fully saturated rings. The SMILES string of the molecule is Cc1cncc([C@H]2NC(=O)O[C@@H]2C2=CC(F)=CCC2C)c1. The van der Waals surface area contributed by atoms with E-state index in [-0.39, 0.29) is 17.8 Å². The molecule has 4 nitrogen and oxygen atoms in total. The van der Waals surface area contributed by atoms with Gasteiger partial charge in [0.2, 0.25) is 0 Å². The lowest BCUT2D eigenvalue weighted by Gasteiger charge is -2.26. The molecular formula is C16H17FN2O2. The van der Waals surface area contributed by atoms with E-state index < -0.39 is 12.2 Å². The number of carbonyl (C=O) groups excluding carboxylic acids is 1. The van der Waals surface area contributed by atoms with Crippen LogP contribution in [0.25, 0.3) is 0 Å². The molecule has 21 heavy (non-hydrogen) atoms. The number of nitrogens with zero attached hydrogens (tertiary/aromatic N) is 1. The van der Waals surface area contributed by atoms with Gasteiger partial charge in [-0.05, 0) is 48.1 Å². The largest absolute Gasteiger partial charge is 0.439 e. The molecule has 3 rings (SSSR count).